The van der Waals surface area contributed by atoms with Crippen molar-refractivity contribution in [2.24, 2.45) is 5.92 Å². The second kappa shape index (κ2) is 7.31. The Balaban J connectivity index is 1.99. The van der Waals surface area contributed by atoms with E-state index in [1.807, 2.05) is 67.7 Å². The van der Waals surface area contributed by atoms with E-state index < -0.39 is 13.0 Å². The predicted molar refractivity (Wildman–Crippen MR) is 99.7 cm³/mol. The summed E-state index contributed by atoms with van der Waals surface area (Å²) in [5.74, 6) is -0.0987. The van der Waals surface area contributed by atoms with E-state index in [9.17, 15) is 9.46 Å². The number of nitrogens with one attached hydrogen (secondary N) is 1. The van der Waals surface area contributed by atoms with Crippen molar-refractivity contribution in [3.63, 3.8) is 0 Å². The summed E-state index contributed by atoms with van der Waals surface area (Å²) in [4.78, 5) is 10.9. The Bertz CT molecular complexity index is 771. The lowest BCUT2D eigenvalue weighted by Crippen LogP contribution is -2.34. The molecule has 0 aromatic heterocycles. The van der Waals surface area contributed by atoms with Gasteiger partial charge in [0.2, 0.25) is 7.37 Å². The summed E-state index contributed by atoms with van der Waals surface area (Å²) < 4.78 is 13.3. The summed E-state index contributed by atoms with van der Waals surface area (Å²) >= 11 is 0. The highest BCUT2D eigenvalue weighted by molar-refractivity contribution is 7.67. The van der Waals surface area contributed by atoms with Crippen LogP contribution < -0.4 is 10.6 Å². The van der Waals surface area contributed by atoms with Gasteiger partial charge in [-0.1, -0.05) is 72.8 Å². The predicted octanol–water partition coefficient (Wildman–Crippen LogP) is 3.65. The Hall–Kier alpha value is -1.93. The molecule has 0 fully saturated rings. The normalized spacial score (nSPS) is 23.6. The van der Waals surface area contributed by atoms with Gasteiger partial charge < -0.3 is 10.2 Å². The molecule has 0 radical (unpaired) electrons. The largest absolute Gasteiger partial charge is 0.341 e. The van der Waals surface area contributed by atoms with Crippen LogP contribution in [0, 0.1) is 5.92 Å². The lowest BCUT2D eigenvalue weighted by atomic mass is 9.87. The monoisotopic (exact) mass is 339 g/mol. The van der Waals surface area contributed by atoms with Gasteiger partial charge in [0.15, 0.2) is 0 Å². The Labute approximate surface area is 143 Å². The van der Waals surface area contributed by atoms with Crippen LogP contribution in [0.2, 0.25) is 0 Å². The van der Waals surface area contributed by atoms with E-state index in [1.54, 1.807) is 12.1 Å². The van der Waals surface area contributed by atoms with E-state index in [0.29, 0.717) is 5.30 Å². The van der Waals surface area contributed by atoms with Gasteiger partial charge in [-0.25, -0.2) is 0 Å². The molecule has 0 spiro atoms. The maximum absolute atomic E-state index is 13.3. The molecule has 1 aliphatic rings. The molecular formula is C20H22NO2P. The average Bonchev–Trinajstić information content (AvgIpc) is 2.64. The summed E-state index contributed by atoms with van der Waals surface area (Å²) in [5.41, 5.74) is 0.658. The zero-order valence-corrected chi connectivity index (χ0v) is 14.5. The fourth-order valence-corrected chi connectivity index (χ4v) is 5.34. The summed E-state index contributed by atoms with van der Waals surface area (Å²) in [5, 5.41) is 3.83. The molecule has 0 bridgehead atoms. The van der Waals surface area contributed by atoms with Crippen LogP contribution in [-0.2, 0) is 4.57 Å². The van der Waals surface area contributed by atoms with Gasteiger partial charge in [-0.2, -0.15) is 0 Å². The molecule has 24 heavy (non-hydrogen) atoms. The van der Waals surface area contributed by atoms with Crippen LogP contribution in [-0.4, -0.2) is 17.6 Å². The van der Waals surface area contributed by atoms with Crippen molar-refractivity contribution >= 4 is 12.7 Å². The Morgan fingerprint density at radius 3 is 2.17 bits per heavy atom. The molecule has 4 atom stereocenters. The first-order valence-corrected chi connectivity index (χ1v) is 9.83. The van der Waals surface area contributed by atoms with Crippen molar-refractivity contribution in [1.82, 2.24) is 5.32 Å². The Morgan fingerprint density at radius 1 is 0.958 bits per heavy atom. The standard InChI is InChI=1S/C20H22NO2P/c1-21-20(16-10-4-2-5-11-16)18-14-8-9-15-19(18)24(22,23)17-12-6-3-7-13-17/h2-15,18-21H,1H3,(H,22,23)/t18-,19+,20+/m1/s1. The number of hydrogen-bond donors (Lipinski definition) is 2. The second-order valence-electron chi connectivity index (χ2n) is 5.97. The first kappa shape index (κ1) is 16.9. The second-order valence-corrected chi connectivity index (χ2v) is 8.33. The molecule has 0 heterocycles. The molecule has 0 saturated heterocycles. The molecule has 4 heteroatoms. The van der Waals surface area contributed by atoms with Gasteiger partial charge in [-0.15, -0.1) is 0 Å². The van der Waals surface area contributed by atoms with Crippen molar-refractivity contribution < 1.29 is 9.46 Å². The van der Waals surface area contributed by atoms with Gasteiger partial charge >= 0.3 is 0 Å². The average molecular weight is 339 g/mol. The lowest BCUT2D eigenvalue weighted by Gasteiger charge is -2.34. The summed E-state index contributed by atoms with van der Waals surface area (Å²) in [6.07, 6.45) is 7.72. The summed E-state index contributed by atoms with van der Waals surface area (Å²) in [6, 6.07) is 19.0. The zero-order chi connectivity index (χ0) is 17.0. The molecule has 3 nitrogen and oxygen atoms in total. The molecule has 0 saturated carbocycles. The molecule has 2 aromatic carbocycles. The van der Waals surface area contributed by atoms with Crippen LogP contribution in [0.25, 0.3) is 0 Å². The van der Waals surface area contributed by atoms with Gasteiger partial charge in [0.05, 0.1) is 5.66 Å². The summed E-state index contributed by atoms with van der Waals surface area (Å²) in [6.45, 7) is 0. The third-order valence-corrected chi connectivity index (χ3v) is 6.89. The highest BCUT2D eigenvalue weighted by atomic mass is 31.2. The fraction of sp³-hybridized carbons (Fsp3) is 0.200. The van der Waals surface area contributed by atoms with Crippen molar-refractivity contribution in [2.45, 2.75) is 11.7 Å². The van der Waals surface area contributed by atoms with Crippen LogP contribution in [0.1, 0.15) is 11.6 Å². The third-order valence-electron chi connectivity index (χ3n) is 4.53. The fourth-order valence-electron chi connectivity index (χ4n) is 3.33. The van der Waals surface area contributed by atoms with Crippen molar-refractivity contribution in [3.05, 3.63) is 90.5 Å². The molecule has 0 aliphatic heterocycles. The first-order chi connectivity index (χ1) is 11.6. The smallest absolute Gasteiger partial charge is 0.236 e. The molecule has 1 aliphatic carbocycles. The molecular weight excluding hydrogens is 317 g/mol. The van der Waals surface area contributed by atoms with Gasteiger partial charge in [0.25, 0.3) is 0 Å². The van der Waals surface area contributed by atoms with Gasteiger partial charge in [0, 0.05) is 17.3 Å². The van der Waals surface area contributed by atoms with Crippen molar-refractivity contribution in [2.75, 3.05) is 7.05 Å². The molecule has 1 unspecified atom stereocenters. The van der Waals surface area contributed by atoms with Crippen LogP contribution >= 0.6 is 7.37 Å². The van der Waals surface area contributed by atoms with Gasteiger partial charge in [-0.3, -0.25) is 4.57 Å². The number of hydrogen-bond acceptors (Lipinski definition) is 2. The van der Waals surface area contributed by atoms with Gasteiger partial charge in [0.1, 0.15) is 0 Å². The van der Waals surface area contributed by atoms with Crippen molar-refractivity contribution in [1.29, 1.82) is 0 Å². The number of benzene rings is 2. The maximum Gasteiger partial charge on any atom is 0.236 e. The SMILES string of the molecule is CN[C@@H](c1ccccc1)[C@@H]1C=CC=C[C@@H]1P(=O)(O)c1ccccc1. The van der Waals surface area contributed by atoms with E-state index in [4.69, 9.17) is 0 Å². The quantitative estimate of drug-likeness (QED) is 0.818. The molecule has 0 amide bonds. The minimum atomic E-state index is -3.54. The first-order valence-electron chi connectivity index (χ1n) is 8.10. The zero-order valence-electron chi connectivity index (χ0n) is 13.6. The molecule has 3 rings (SSSR count). The van der Waals surface area contributed by atoms with E-state index in [2.05, 4.69) is 17.4 Å². The molecule has 124 valence electrons. The summed E-state index contributed by atoms with van der Waals surface area (Å²) in [7, 11) is -1.65. The van der Waals surface area contributed by atoms with E-state index in [-0.39, 0.29) is 12.0 Å². The van der Waals surface area contributed by atoms with E-state index in [0.717, 1.165) is 5.56 Å². The van der Waals surface area contributed by atoms with Crippen molar-refractivity contribution in [3.8, 4) is 0 Å². The number of allylic oxidation sites excluding steroid dienone is 3. The third kappa shape index (κ3) is 3.29. The van der Waals surface area contributed by atoms with E-state index in [1.165, 1.54) is 0 Å². The van der Waals surface area contributed by atoms with Crippen LogP contribution in [0.5, 0.6) is 0 Å². The topological polar surface area (TPSA) is 49.3 Å². The molecule has 2 aromatic rings. The van der Waals surface area contributed by atoms with Crippen LogP contribution in [0.3, 0.4) is 0 Å². The highest BCUT2D eigenvalue weighted by Gasteiger charge is 2.40. The number of rotatable bonds is 5. The minimum absolute atomic E-state index is 0.0263. The molecule has 2 N–H and O–H groups in total. The van der Waals surface area contributed by atoms with Gasteiger partial charge in [-0.05, 0) is 24.7 Å². The minimum Gasteiger partial charge on any atom is -0.341 e. The maximum atomic E-state index is 13.3. The Kier molecular flexibility index (Phi) is 5.15. The highest BCUT2D eigenvalue weighted by Crippen LogP contribution is 2.52. The lowest BCUT2D eigenvalue weighted by molar-refractivity contribution is 0.417. The van der Waals surface area contributed by atoms with Crippen LogP contribution in [0.4, 0.5) is 0 Å². The van der Waals surface area contributed by atoms with Crippen LogP contribution in [0.15, 0.2) is 85.0 Å². The van der Waals surface area contributed by atoms with E-state index >= 15 is 0 Å². The Morgan fingerprint density at radius 2 is 1.54 bits per heavy atom.